The highest BCUT2D eigenvalue weighted by Gasteiger charge is 2.28. The van der Waals surface area contributed by atoms with E-state index in [1.807, 2.05) is 0 Å². The molecule has 0 radical (unpaired) electrons. The Morgan fingerprint density at radius 3 is 2.41 bits per heavy atom. The molecule has 0 heterocycles. The third-order valence-electron chi connectivity index (χ3n) is 2.68. The van der Waals surface area contributed by atoms with Gasteiger partial charge in [0.2, 0.25) is 0 Å². The van der Waals surface area contributed by atoms with Crippen LogP contribution < -0.4 is 0 Å². The first-order valence-electron chi connectivity index (χ1n) is 5.52. The molecule has 0 fully saturated rings. The first-order chi connectivity index (χ1) is 8.03. The quantitative estimate of drug-likeness (QED) is 0.442. The van der Waals surface area contributed by atoms with Gasteiger partial charge in [-0.15, -0.1) is 0 Å². The monoisotopic (exact) mass is 257 g/mol. The van der Waals surface area contributed by atoms with Gasteiger partial charge < -0.3 is 4.74 Å². The average molecular weight is 258 g/mol. The van der Waals surface area contributed by atoms with E-state index < -0.39 is 9.98 Å². The molecule has 0 saturated carbocycles. The number of nitro benzene ring substituents is 1. The van der Waals surface area contributed by atoms with Crippen molar-refractivity contribution in [1.29, 1.82) is 0 Å². The van der Waals surface area contributed by atoms with Gasteiger partial charge in [-0.2, -0.15) is 0 Å². The van der Waals surface area contributed by atoms with Crippen molar-refractivity contribution < 1.29 is 9.66 Å². The van der Waals surface area contributed by atoms with Crippen LogP contribution in [0, 0.1) is 10.1 Å². The molecule has 0 saturated heterocycles. The summed E-state index contributed by atoms with van der Waals surface area (Å²) in [6, 6.07) is 6.17. The van der Waals surface area contributed by atoms with E-state index in [2.05, 4.69) is 6.92 Å². The standard InChI is InChI=1S/C12H16ClNO3/c1-3-4-9-12(13,17-2)10-5-7-11(8-6-10)14(15)16/h5-8H,3-4,9H2,1-2H3. The lowest BCUT2D eigenvalue weighted by molar-refractivity contribution is -0.384. The molecule has 0 bridgehead atoms. The lowest BCUT2D eigenvalue weighted by Gasteiger charge is -2.25. The number of hydrogen-bond donors (Lipinski definition) is 0. The molecule has 1 rings (SSSR count). The third-order valence-corrected chi connectivity index (χ3v) is 3.25. The van der Waals surface area contributed by atoms with Gasteiger partial charge in [0.15, 0.2) is 5.06 Å². The number of rotatable bonds is 6. The summed E-state index contributed by atoms with van der Waals surface area (Å²) in [5.41, 5.74) is 0.806. The Labute approximate surface area is 106 Å². The molecular formula is C12H16ClNO3. The Balaban J connectivity index is 2.92. The van der Waals surface area contributed by atoms with Crippen molar-refractivity contribution in [3.63, 3.8) is 0 Å². The maximum absolute atomic E-state index is 10.5. The van der Waals surface area contributed by atoms with E-state index >= 15 is 0 Å². The molecule has 0 aliphatic heterocycles. The van der Waals surface area contributed by atoms with Gasteiger partial charge in [0.25, 0.3) is 5.69 Å². The smallest absolute Gasteiger partial charge is 0.269 e. The second kappa shape index (κ2) is 5.98. The Morgan fingerprint density at radius 2 is 2.00 bits per heavy atom. The largest absolute Gasteiger partial charge is 0.359 e. The summed E-state index contributed by atoms with van der Waals surface area (Å²) in [6.07, 6.45) is 2.64. The molecule has 1 unspecified atom stereocenters. The van der Waals surface area contributed by atoms with Gasteiger partial charge >= 0.3 is 0 Å². The number of nitrogens with zero attached hydrogens (tertiary/aromatic N) is 1. The fourth-order valence-corrected chi connectivity index (χ4v) is 1.86. The molecule has 1 aromatic carbocycles. The molecular weight excluding hydrogens is 242 g/mol. The number of benzene rings is 1. The molecule has 0 N–H and O–H groups in total. The predicted molar refractivity (Wildman–Crippen MR) is 67.2 cm³/mol. The third kappa shape index (κ3) is 3.41. The normalized spacial score (nSPS) is 14.3. The Bertz CT molecular complexity index is 380. The number of nitro groups is 1. The molecule has 0 spiro atoms. The van der Waals surface area contributed by atoms with E-state index in [0.29, 0.717) is 6.42 Å². The Kier molecular flexibility index (Phi) is 4.90. The summed E-state index contributed by atoms with van der Waals surface area (Å²) < 4.78 is 5.32. The number of unbranched alkanes of at least 4 members (excludes halogenated alkanes) is 1. The topological polar surface area (TPSA) is 52.4 Å². The molecule has 0 aliphatic carbocycles. The maximum atomic E-state index is 10.5. The SMILES string of the molecule is CCCCC(Cl)(OC)c1ccc([N+](=O)[O-])cc1. The summed E-state index contributed by atoms with van der Waals surface area (Å²) in [7, 11) is 1.55. The number of ether oxygens (including phenoxy) is 1. The lowest BCUT2D eigenvalue weighted by atomic mass is 10.0. The van der Waals surface area contributed by atoms with Crippen LogP contribution in [-0.2, 0) is 9.80 Å². The van der Waals surface area contributed by atoms with Crippen LogP contribution in [-0.4, -0.2) is 12.0 Å². The molecule has 94 valence electrons. The fraction of sp³-hybridized carbons (Fsp3) is 0.500. The van der Waals surface area contributed by atoms with Crippen LogP contribution in [0.1, 0.15) is 31.7 Å². The van der Waals surface area contributed by atoms with E-state index in [4.69, 9.17) is 16.3 Å². The first-order valence-corrected chi connectivity index (χ1v) is 5.90. The van der Waals surface area contributed by atoms with Gasteiger partial charge in [0.1, 0.15) is 0 Å². The number of alkyl halides is 1. The van der Waals surface area contributed by atoms with Gasteiger partial charge in [-0.3, -0.25) is 10.1 Å². The van der Waals surface area contributed by atoms with E-state index in [-0.39, 0.29) is 5.69 Å². The van der Waals surface area contributed by atoms with Gasteiger partial charge in [-0.1, -0.05) is 24.9 Å². The van der Waals surface area contributed by atoms with Gasteiger partial charge in [0.05, 0.1) is 4.92 Å². The zero-order chi connectivity index (χ0) is 12.9. The van der Waals surface area contributed by atoms with Crippen LogP contribution in [0.15, 0.2) is 24.3 Å². The van der Waals surface area contributed by atoms with E-state index in [1.54, 1.807) is 19.2 Å². The van der Waals surface area contributed by atoms with E-state index in [9.17, 15) is 10.1 Å². The van der Waals surface area contributed by atoms with E-state index in [1.165, 1.54) is 12.1 Å². The van der Waals surface area contributed by atoms with Gasteiger partial charge in [-0.05, 0) is 30.5 Å². The zero-order valence-electron chi connectivity index (χ0n) is 9.98. The minimum absolute atomic E-state index is 0.0550. The second-order valence-electron chi connectivity index (χ2n) is 3.84. The number of non-ortho nitro benzene ring substituents is 1. The molecule has 4 nitrogen and oxygen atoms in total. The molecule has 0 amide bonds. The summed E-state index contributed by atoms with van der Waals surface area (Å²) >= 11 is 6.37. The van der Waals surface area contributed by atoms with Crippen LogP contribution in [0.4, 0.5) is 5.69 Å². The lowest BCUT2D eigenvalue weighted by Crippen LogP contribution is -2.21. The zero-order valence-corrected chi connectivity index (χ0v) is 10.7. The molecule has 0 aromatic heterocycles. The van der Waals surface area contributed by atoms with Crippen molar-refractivity contribution in [3.8, 4) is 0 Å². The van der Waals surface area contributed by atoms with Crippen molar-refractivity contribution in [3.05, 3.63) is 39.9 Å². The average Bonchev–Trinajstić information content (AvgIpc) is 2.36. The Morgan fingerprint density at radius 1 is 1.41 bits per heavy atom. The molecule has 1 aromatic rings. The predicted octanol–water partition coefficient (Wildman–Crippen LogP) is 3.82. The molecule has 1 atom stereocenters. The maximum Gasteiger partial charge on any atom is 0.269 e. The van der Waals surface area contributed by atoms with Crippen molar-refractivity contribution in [2.75, 3.05) is 7.11 Å². The van der Waals surface area contributed by atoms with Crippen molar-refractivity contribution in [2.45, 2.75) is 31.2 Å². The van der Waals surface area contributed by atoms with Crippen molar-refractivity contribution >= 4 is 17.3 Å². The minimum Gasteiger partial charge on any atom is -0.359 e. The Hall–Kier alpha value is -1.13. The van der Waals surface area contributed by atoms with Crippen LogP contribution in [0.5, 0.6) is 0 Å². The van der Waals surface area contributed by atoms with Crippen molar-refractivity contribution in [2.24, 2.45) is 0 Å². The highest BCUT2D eigenvalue weighted by Crippen LogP contribution is 2.35. The van der Waals surface area contributed by atoms with Gasteiger partial charge in [-0.25, -0.2) is 0 Å². The van der Waals surface area contributed by atoms with E-state index in [0.717, 1.165) is 18.4 Å². The number of methoxy groups -OCH3 is 1. The van der Waals surface area contributed by atoms with Crippen molar-refractivity contribution in [1.82, 2.24) is 0 Å². The van der Waals surface area contributed by atoms with Crippen LogP contribution in [0.3, 0.4) is 0 Å². The molecule has 5 heteroatoms. The fourth-order valence-electron chi connectivity index (χ4n) is 1.60. The summed E-state index contributed by atoms with van der Waals surface area (Å²) in [5, 5.41) is 9.66. The number of hydrogen-bond acceptors (Lipinski definition) is 3. The molecule has 0 aliphatic rings. The summed E-state index contributed by atoms with van der Waals surface area (Å²) in [5.74, 6) is 0. The minimum atomic E-state index is -0.884. The first kappa shape index (κ1) is 13.9. The summed E-state index contributed by atoms with van der Waals surface area (Å²) in [4.78, 5) is 10.1. The second-order valence-corrected chi connectivity index (χ2v) is 4.45. The van der Waals surface area contributed by atoms with Crippen LogP contribution in [0.2, 0.25) is 0 Å². The summed E-state index contributed by atoms with van der Waals surface area (Å²) in [6.45, 7) is 2.07. The number of halogens is 1. The molecule has 17 heavy (non-hydrogen) atoms. The van der Waals surface area contributed by atoms with Crippen LogP contribution in [0.25, 0.3) is 0 Å². The van der Waals surface area contributed by atoms with Gasteiger partial charge in [0, 0.05) is 19.2 Å². The van der Waals surface area contributed by atoms with Crippen LogP contribution >= 0.6 is 11.6 Å². The highest BCUT2D eigenvalue weighted by atomic mass is 35.5. The highest BCUT2D eigenvalue weighted by molar-refractivity contribution is 6.23.